The summed E-state index contributed by atoms with van der Waals surface area (Å²) < 4.78 is 50.9. The maximum absolute atomic E-state index is 13.1. The first-order chi connectivity index (χ1) is 16.1. The van der Waals surface area contributed by atoms with Crippen LogP contribution in [-0.2, 0) is 24.7 Å². The third kappa shape index (κ3) is 5.12. The van der Waals surface area contributed by atoms with E-state index in [0.29, 0.717) is 18.8 Å². The second-order valence-electron chi connectivity index (χ2n) is 8.37. The molecule has 4 rings (SSSR count). The first-order valence-electron chi connectivity index (χ1n) is 10.7. The van der Waals surface area contributed by atoms with Crippen LogP contribution in [0.3, 0.4) is 0 Å². The number of aromatic nitrogens is 1. The molecule has 180 valence electrons. The van der Waals surface area contributed by atoms with E-state index in [2.05, 4.69) is 10.3 Å². The van der Waals surface area contributed by atoms with Gasteiger partial charge in [0.2, 0.25) is 15.9 Å². The summed E-state index contributed by atoms with van der Waals surface area (Å²) in [5.74, 6) is -0.184. The van der Waals surface area contributed by atoms with Gasteiger partial charge in [0.15, 0.2) is 9.84 Å². The van der Waals surface area contributed by atoms with E-state index in [1.807, 2.05) is 35.2 Å². The van der Waals surface area contributed by atoms with Crippen LogP contribution in [0.15, 0.2) is 70.6 Å². The zero-order valence-corrected chi connectivity index (χ0v) is 20.5. The Bertz CT molecular complexity index is 1420. The van der Waals surface area contributed by atoms with Crippen LogP contribution in [0.25, 0.3) is 10.9 Å². The van der Waals surface area contributed by atoms with Crippen LogP contribution in [0, 0.1) is 0 Å². The number of rotatable bonds is 6. The minimum absolute atomic E-state index is 0.0440. The lowest BCUT2D eigenvalue weighted by atomic mass is 10.2. The number of pyridine rings is 1. The molecule has 1 saturated heterocycles. The molecule has 1 aromatic heterocycles. The van der Waals surface area contributed by atoms with Crippen LogP contribution in [0.5, 0.6) is 0 Å². The number of piperazine rings is 1. The molecule has 2 heterocycles. The van der Waals surface area contributed by atoms with Gasteiger partial charge in [0.1, 0.15) is 0 Å². The van der Waals surface area contributed by atoms with Crippen LogP contribution in [0.1, 0.15) is 6.92 Å². The predicted molar refractivity (Wildman–Crippen MR) is 130 cm³/mol. The van der Waals surface area contributed by atoms with Gasteiger partial charge >= 0.3 is 0 Å². The number of hydrogen-bond donors (Lipinski definition) is 1. The molecular formula is C23H26N4O5S2. The van der Waals surface area contributed by atoms with E-state index in [1.54, 1.807) is 13.1 Å². The van der Waals surface area contributed by atoms with E-state index >= 15 is 0 Å². The molecule has 1 aliphatic rings. The Morgan fingerprint density at radius 1 is 1.00 bits per heavy atom. The van der Waals surface area contributed by atoms with Gasteiger partial charge in [-0.2, -0.15) is 4.31 Å². The Balaban J connectivity index is 1.40. The largest absolute Gasteiger partial charge is 0.324 e. The lowest BCUT2D eigenvalue weighted by Gasteiger charge is -2.38. The maximum atomic E-state index is 13.1. The fraction of sp³-hybridized carbons (Fsp3) is 0.304. The number of anilines is 1. The second-order valence-corrected chi connectivity index (χ2v) is 12.3. The number of sulfonamides is 1. The van der Waals surface area contributed by atoms with E-state index in [1.165, 1.54) is 28.6 Å². The zero-order valence-electron chi connectivity index (χ0n) is 18.9. The highest BCUT2D eigenvalue weighted by atomic mass is 32.2. The molecule has 2 aromatic carbocycles. The summed E-state index contributed by atoms with van der Waals surface area (Å²) in [6.07, 6.45) is 2.77. The summed E-state index contributed by atoms with van der Waals surface area (Å²) in [6.45, 7) is 2.95. The summed E-state index contributed by atoms with van der Waals surface area (Å²) in [7, 11) is -7.20. The summed E-state index contributed by atoms with van der Waals surface area (Å²) in [4.78, 5) is 19.0. The molecule has 0 radical (unpaired) electrons. The summed E-state index contributed by atoms with van der Waals surface area (Å²) in [6, 6.07) is 14.1. The van der Waals surface area contributed by atoms with Crippen LogP contribution >= 0.6 is 0 Å². The van der Waals surface area contributed by atoms with Gasteiger partial charge in [-0.1, -0.05) is 6.07 Å². The van der Waals surface area contributed by atoms with Gasteiger partial charge in [0.05, 0.1) is 27.5 Å². The maximum Gasteiger partial charge on any atom is 0.243 e. The number of nitrogens with zero attached hydrogens (tertiary/aromatic N) is 3. The van der Waals surface area contributed by atoms with E-state index in [9.17, 15) is 21.6 Å². The molecule has 0 spiro atoms. The van der Waals surface area contributed by atoms with E-state index < -0.39 is 19.9 Å². The number of nitrogens with one attached hydrogen (secondary N) is 1. The Labute approximate surface area is 199 Å². The zero-order chi connectivity index (χ0) is 24.5. The molecule has 1 aliphatic heterocycles. The molecule has 1 N–H and O–H groups in total. The SMILES string of the molecule is CC1CN(CC(=O)Nc2cccc3ncccc23)CCN1S(=O)(=O)c1ccc(S(C)(=O)=O)cc1. The topological polar surface area (TPSA) is 117 Å². The van der Waals surface area contributed by atoms with Gasteiger partial charge in [-0.3, -0.25) is 14.7 Å². The highest BCUT2D eigenvalue weighted by Crippen LogP contribution is 2.24. The van der Waals surface area contributed by atoms with Gasteiger partial charge in [-0.05, 0) is 55.5 Å². The van der Waals surface area contributed by atoms with Crippen molar-refractivity contribution in [1.82, 2.24) is 14.2 Å². The Kier molecular flexibility index (Phi) is 6.72. The van der Waals surface area contributed by atoms with E-state index in [-0.39, 0.29) is 34.8 Å². The number of carbonyl (C=O) groups excluding carboxylic acids is 1. The van der Waals surface area contributed by atoms with Crippen LogP contribution in [0.2, 0.25) is 0 Å². The summed E-state index contributed by atoms with van der Waals surface area (Å²) in [5, 5.41) is 3.78. The van der Waals surface area contributed by atoms with E-state index in [0.717, 1.165) is 17.2 Å². The highest BCUT2D eigenvalue weighted by molar-refractivity contribution is 7.90. The average Bonchev–Trinajstić information content (AvgIpc) is 2.79. The number of fused-ring (bicyclic) bond motifs is 1. The Morgan fingerprint density at radius 2 is 1.71 bits per heavy atom. The predicted octanol–water partition coefficient (Wildman–Crippen LogP) is 1.97. The molecule has 1 amide bonds. The molecule has 0 saturated carbocycles. The number of carbonyl (C=O) groups is 1. The van der Waals surface area contributed by atoms with Crippen molar-refractivity contribution in [2.45, 2.75) is 22.8 Å². The molecule has 11 heteroatoms. The molecule has 34 heavy (non-hydrogen) atoms. The van der Waals surface area contributed by atoms with Crippen LogP contribution < -0.4 is 5.32 Å². The third-order valence-corrected chi connectivity index (χ3v) is 8.95. The minimum Gasteiger partial charge on any atom is -0.324 e. The molecule has 1 atom stereocenters. The number of amides is 1. The molecule has 0 aliphatic carbocycles. The minimum atomic E-state index is -3.79. The third-order valence-electron chi connectivity index (χ3n) is 5.80. The Morgan fingerprint density at radius 3 is 2.38 bits per heavy atom. The van der Waals surface area contributed by atoms with Crippen molar-refractivity contribution in [3.05, 3.63) is 60.8 Å². The fourth-order valence-corrected chi connectivity index (χ4v) is 6.36. The normalized spacial score (nSPS) is 18.1. The first kappa shape index (κ1) is 24.3. The van der Waals surface area contributed by atoms with Gasteiger partial charge in [-0.25, -0.2) is 16.8 Å². The molecule has 0 bridgehead atoms. The van der Waals surface area contributed by atoms with E-state index in [4.69, 9.17) is 0 Å². The van der Waals surface area contributed by atoms with Gasteiger partial charge in [-0.15, -0.1) is 0 Å². The smallest absolute Gasteiger partial charge is 0.243 e. The fourth-order valence-electron chi connectivity index (χ4n) is 4.12. The monoisotopic (exact) mass is 502 g/mol. The quantitative estimate of drug-likeness (QED) is 0.548. The molecular weight excluding hydrogens is 476 g/mol. The molecule has 3 aromatic rings. The van der Waals surface area contributed by atoms with Gasteiger partial charge < -0.3 is 5.32 Å². The van der Waals surface area contributed by atoms with Crippen molar-refractivity contribution >= 4 is 42.4 Å². The average molecular weight is 503 g/mol. The lowest BCUT2D eigenvalue weighted by molar-refractivity contribution is -0.117. The van der Waals surface area contributed by atoms with Crippen molar-refractivity contribution < 1.29 is 21.6 Å². The second kappa shape index (κ2) is 9.41. The van der Waals surface area contributed by atoms with Crippen molar-refractivity contribution in [1.29, 1.82) is 0 Å². The van der Waals surface area contributed by atoms with Crippen molar-refractivity contribution in [3.63, 3.8) is 0 Å². The van der Waals surface area contributed by atoms with Crippen LogP contribution in [0.4, 0.5) is 5.69 Å². The molecule has 1 unspecified atom stereocenters. The number of benzene rings is 2. The summed E-state index contributed by atoms with van der Waals surface area (Å²) >= 11 is 0. The standard InChI is InChI=1S/C23H26N4O5S2/c1-17-15-26(16-23(28)25-22-7-3-6-21-20(22)5-4-12-24-21)13-14-27(17)34(31,32)19-10-8-18(9-11-19)33(2,29)30/h3-12,17H,13-16H2,1-2H3,(H,25,28). The molecule has 1 fully saturated rings. The van der Waals surface area contributed by atoms with Crippen molar-refractivity contribution in [3.8, 4) is 0 Å². The Hall–Kier alpha value is -2.86. The van der Waals surface area contributed by atoms with Gasteiger partial charge in [0, 0.05) is 43.5 Å². The number of sulfone groups is 1. The van der Waals surface area contributed by atoms with Crippen molar-refractivity contribution in [2.75, 3.05) is 37.8 Å². The number of hydrogen-bond acceptors (Lipinski definition) is 7. The highest BCUT2D eigenvalue weighted by Gasteiger charge is 2.34. The summed E-state index contributed by atoms with van der Waals surface area (Å²) in [5.41, 5.74) is 1.47. The lowest BCUT2D eigenvalue weighted by Crippen LogP contribution is -2.55. The molecule has 9 nitrogen and oxygen atoms in total. The van der Waals surface area contributed by atoms with Crippen molar-refractivity contribution in [2.24, 2.45) is 0 Å². The van der Waals surface area contributed by atoms with Crippen LogP contribution in [-0.4, -0.2) is 75.4 Å². The van der Waals surface area contributed by atoms with Gasteiger partial charge in [0.25, 0.3) is 0 Å². The first-order valence-corrected chi connectivity index (χ1v) is 14.1.